The van der Waals surface area contributed by atoms with Crippen LogP contribution in [0.25, 0.3) is 5.73 Å². The van der Waals surface area contributed by atoms with Gasteiger partial charge in [0.05, 0.1) is 31.6 Å². The van der Waals surface area contributed by atoms with E-state index in [0.717, 1.165) is 24.0 Å². The number of carboxylic acids is 1. The van der Waals surface area contributed by atoms with Crippen LogP contribution in [-0.2, 0) is 46.4 Å². The predicted octanol–water partition coefficient (Wildman–Crippen LogP) is 2.45. The number of carbonyl (C=O) groups is 7. The number of rotatable bonds is 25. The molecule has 1 fully saturated rings. The third-order valence-electron chi connectivity index (χ3n) is 11.2. The molecule has 0 aliphatic carbocycles. The number of benzene rings is 2. The number of aromatic hydroxyl groups is 1. The molecule has 0 radical (unpaired) electrons. The summed E-state index contributed by atoms with van der Waals surface area (Å²) in [4.78, 5) is 89.2. The summed E-state index contributed by atoms with van der Waals surface area (Å²) >= 11 is 3.11. The van der Waals surface area contributed by atoms with Crippen molar-refractivity contribution >= 4 is 64.3 Å². The van der Waals surface area contributed by atoms with Crippen molar-refractivity contribution in [3.8, 4) is 5.75 Å². The normalized spacial score (nSPS) is 18.0. The Bertz CT molecular complexity index is 1760. The van der Waals surface area contributed by atoms with E-state index in [1.165, 1.54) is 23.6 Å². The van der Waals surface area contributed by atoms with Crippen LogP contribution in [0.1, 0.15) is 89.7 Å². The summed E-state index contributed by atoms with van der Waals surface area (Å²) in [5.74, 6) is -1.59. The number of aliphatic carboxylic acids is 1. The number of carbonyl (C=O) groups excluding carboxylic acids is 6. The molecule has 1 aliphatic heterocycles. The van der Waals surface area contributed by atoms with E-state index in [2.05, 4.69) is 5.32 Å². The Labute approximate surface area is 424 Å². The zero-order valence-electron chi connectivity index (χ0n) is 37.8. The first kappa shape index (κ1) is 58.7. The minimum atomic E-state index is -1.13. The van der Waals surface area contributed by atoms with E-state index < -0.39 is 41.8 Å². The maximum atomic E-state index is 13.9. The number of phenols is 1. The van der Waals surface area contributed by atoms with Crippen LogP contribution in [0.15, 0.2) is 54.6 Å². The van der Waals surface area contributed by atoms with E-state index in [1.54, 1.807) is 30.9 Å². The molecular weight excluding hydrogens is 870 g/mol. The zero-order valence-corrected chi connectivity index (χ0v) is 42.5. The van der Waals surface area contributed by atoms with Crippen LogP contribution in [0.2, 0.25) is 0 Å². The molecule has 2 aromatic carbocycles. The molecule has 1 amide bonds. The third kappa shape index (κ3) is 22.6. The van der Waals surface area contributed by atoms with E-state index in [0.29, 0.717) is 55.2 Å². The first-order valence-corrected chi connectivity index (χ1v) is 23.7. The molecule has 344 valence electrons. The predicted molar refractivity (Wildman–Crippen MR) is 247 cm³/mol. The van der Waals surface area contributed by atoms with Crippen molar-refractivity contribution in [2.75, 3.05) is 43.3 Å². The summed E-state index contributed by atoms with van der Waals surface area (Å²) in [5, 5.41) is 22.1. The molecule has 3 rings (SSSR count). The van der Waals surface area contributed by atoms with E-state index in [4.69, 9.17) is 22.3 Å². The maximum Gasteiger partial charge on any atom is 1.00 e. The summed E-state index contributed by atoms with van der Waals surface area (Å²) < 4.78 is 0. The number of primary amides is 1. The topological polar surface area (TPSA) is 251 Å². The Kier molecular flexibility index (Phi) is 29.4. The average Bonchev–Trinajstić information content (AvgIpc) is 3.23. The molecule has 0 saturated carbocycles. The quantitative estimate of drug-likeness (QED) is 0.0898. The van der Waals surface area contributed by atoms with Gasteiger partial charge in [-0.1, -0.05) is 68.8 Å². The Morgan fingerprint density at radius 1 is 0.952 bits per heavy atom. The van der Waals surface area contributed by atoms with Gasteiger partial charge in [0.2, 0.25) is 5.91 Å². The number of ketones is 5. The molecule has 0 bridgehead atoms. The van der Waals surface area contributed by atoms with Gasteiger partial charge in [0.25, 0.3) is 0 Å². The van der Waals surface area contributed by atoms with Crippen LogP contribution < -0.4 is 68.2 Å². The smallest absolute Gasteiger partial charge is 0.668 e. The van der Waals surface area contributed by atoms with Crippen LogP contribution in [0.3, 0.4) is 0 Å². The Hall–Kier alpha value is -2.29. The summed E-state index contributed by atoms with van der Waals surface area (Å²) in [6.07, 6.45) is 4.37. The fraction of sp³-hybridized carbons (Fsp3) is 0.587. The molecule has 1 aliphatic rings. The molecule has 2 aromatic rings. The van der Waals surface area contributed by atoms with Crippen molar-refractivity contribution < 1.29 is 95.2 Å². The molecular formula is C46H68KN5O9S2. The zero-order chi connectivity index (χ0) is 46.2. The summed E-state index contributed by atoms with van der Waals surface area (Å²) in [6.45, 7) is 5.38. The number of hydrogen-bond acceptors (Lipinski definition) is 13. The fourth-order valence-electron chi connectivity index (χ4n) is 7.31. The summed E-state index contributed by atoms with van der Waals surface area (Å²) in [6, 6.07) is 14.1. The third-order valence-corrected chi connectivity index (χ3v) is 13.7. The second kappa shape index (κ2) is 31.6. The van der Waals surface area contributed by atoms with Crippen LogP contribution in [0.4, 0.5) is 0 Å². The number of Topliss-reactive ketones (excluding diaryl/α,β-unsaturated/α-hetero) is 5. The molecule has 1 saturated heterocycles. The fourth-order valence-corrected chi connectivity index (χ4v) is 9.51. The Morgan fingerprint density at radius 3 is 2.19 bits per heavy atom. The van der Waals surface area contributed by atoms with Gasteiger partial charge in [0, 0.05) is 40.9 Å². The summed E-state index contributed by atoms with van der Waals surface area (Å²) in [5.41, 5.74) is 20.0. The minimum absolute atomic E-state index is 0. The molecule has 14 nitrogen and oxygen atoms in total. The minimum Gasteiger partial charge on any atom is -0.668 e. The standard InChI is InChI=1S/C34H51N4O7S2.C12H17NO2.K/c1-23(39)28(16-33(44)45)38(3)19-32(43)34(2,17-24-8-5-4-6-9-24)14-13-29(40)25(10-7-15-35)11-12-30(41)27-21-47-22-46-20-26(36)31(42)18-37-27;1-2-3-10(12(13)15)8-9-4-6-11(14)7-5-9;/h4-6,8-9,25-28,36-37H,7,10-22,35H2,1-3H3,(H,44,45);4-7,10,14H,2-3,8H2,1H3,(H2,13,15);/q-1;;+1/t25-,26+,27+,28+,34+;10-;/m10./s1. The molecule has 6 atom stereocenters. The Balaban J connectivity index is 0.00000104. The SMILES string of the molecule is CC(=O)[C@H](CC(=O)O)N(C)CC(=O)[C@@](C)(CCC(=O)[C@H](CCCN)CCC(=O)[C@@H]1CSCSC[C@H]([NH-])C(=O)CN1)Cc1ccccc1.CCC[C@@H](Cc1ccc(O)cc1)C(N)=O.[K+]. The van der Waals surface area contributed by atoms with E-state index >= 15 is 0 Å². The van der Waals surface area contributed by atoms with Gasteiger partial charge in [0.1, 0.15) is 23.1 Å². The van der Waals surface area contributed by atoms with Gasteiger partial charge in [0.15, 0.2) is 11.6 Å². The number of nitrogens with one attached hydrogen (secondary N) is 2. The van der Waals surface area contributed by atoms with Crippen molar-refractivity contribution in [1.82, 2.24) is 10.2 Å². The van der Waals surface area contributed by atoms with E-state index in [1.807, 2.05) is 56.3 Å². The second-order valence-corrected chi connectivity index (χ2v) is 18.9. The summed E-state index contributed by atoms with van der Waals surface area (Å²) in [7, 11) is 1.56. The van der Waals surface area contributed by atoms with E-state index in [9.17, 15) is 38.7 Å². The molecule has 17 heteroatoms. The number of thioether (sulfide) groups is 2. The first-order chi connectivity index (χ1) is 29.4. The van der Waals surface area contributed by atoms with Crippen molar-refractivity contribution in [1.29, 1.82) is 0 Å². The molecule has 0 unspecified atom stereocenters. The van der Waals surface area contributed by atoms with Gasteiger partial charge < -0.3 is 27.4 Å². The second-order valence-electron chi connectivity index (χ2n) is 16.5. The van der Waals surface area contributed by atoms with Crippen LogP contribution in [0.5, 0.6) is 5.75 Å². The number of nitrogens with zero attached hydrogens (tertiary/aromatic N) is 1. The molecule has 0 spiro atoms. The Morgan fingerprint density at radius 2 is 1.60 bits per heavy atom. The van der Waals surface area contributed by atoms with Gasteiger partial charge in [-0.2, -0.15) is 11.8 Å². The number of likely N-dealkylation sites (N-methyl/N-ethyl adjacent to an activating group) is 1. The van der Waals surface area contributed by atoms with Crippen LogP contribution in [-0.4, -0.2) is 117 Å². The van der Waals surface area contributed by atoms with Gasteiger partial charge in [-0.15, -0.1) is 11.8 Å². The van der Waals surface area contributed by atoms with E-state index in [-0.39, 0.29) is 130 Å². The number of carboxylic acid groups (broad SMARTS) is 1. The van der Waals surface area contributed by atoms with Gasteiger partial charge in [-0.05, 0) is 94.5 Å². The van der Waals surface area contributed by atoms with Crippen molar-refractivity contribution in [2.45, 2.75) is 110 Å². The van der Waals surface area contributed by atoms with Crippen molar-refractivity contribution in [3.05, 3.63) is 71.5 Å². The van der Waals surface area contributed by atoms with Crippen LogP contribution >= 0.6 is 23.5 Å². The number of amides is 1. The molecule has 1 heterocycles. The molecule has 63 heavy (non-hydrogen) atoms. The average molecular weight is 938 g/mol. The monoisotopic (exact) mass is 937 g/mol. The maximum absolute atomic E-state index is 13.9. The number of phenolic OH excluding ortho intramolecular Hbond substituents is 1. The number of nitrogens with two attached hydrogens (primary N) is 2. The van der Waals surface area contributed by atoms with Crippen LogP contribution in [0, 0.1) is 17.3 Å². The van der Waals surface area contributed by atoms with Crippen molar-refractivity contribution in [2.24, 2.45) is 28.7 Å². The van der Waals surface area contributed by atoms with Gasteiger partial charge >= 0.3 is 57.4 Å². The van der Waals surface area contributed by atoms with Crippen molar-refractivity contribution in [3.63, 3.8) is 0 Å². The van der Waals surface area contributed by atoms with Gasteiger partial charge in [-0.3, -0.25) is 43.8 Å². The number of hydrogen-bond donors (Lipinski definition) is 5. The first-order valence-electron chi connectivity index (χ1n) is 21.4. The van der Waals surface area contributed by atoms with Gasteiger partial charge in [-0.25, -0.2) is 0 Å². The molecule has 8 N–H and O–H groups in total. The molecule has 0 aromatic heterocycles. The largest absolute Gasteiger partial charge is 1.00 e.